The second-order valence-electron chi connectivity index (χ2n) is 11.5. The summed E-state index contributed by atoms with van der Waals surface area (Å²) in [6.07, 6.45) is 8.31. The highest BCUT2D eigenvalue weighted by atomic mass is 16.5. The number of anilines is 4. The van der Waals surface area contributed by atoms with Crippen molar-refractivity contribution in [1.82, 2.24) is 20.2 Å². The van der Waals surface area contributed by atoms with Gasteiger partial charge in [-0.25, -0.2) is 4.98 Å². The first-order valence-corrected chi connectivity index (χ1v) is 14.1. The van der Waals surface area contributed by atoms with Gasteiger partial charge in [0.1, 0.15) is 11.4 Å². The maximum atomic E-state index is 13.5. The summed E-state index contributed by atoms with van der Waals surface area (Å²) >= 11 is 0. The van der Waals surface area contributed by atoms with E-state index >= 15 is 0 Å². The molecule has 2 aromatic rings. The maximum absolute atomic E-state index is 13.5. The molecule has 0 bridgehead atoms. The molecular formula is C29H41N7O3. The first kappa shape index (κ1) is 27.2. The highest BCUT2D eigenvalue weighted by molar-refractivity contribution is 6.01. The van der Waals surface area contributed by atoms with Gasteiger partial charge in [-0.1, -0.05) is 26.2 Å². The third-order valence-electron chi connectivity index (χ3n) is 8.63. The summed E-state index contributed by atoms with van der Waals surface area (Å²) in [6.45, 7) is 6.49. The monoisotopic (exact) mass is 535 g/mol. The number of aromatic nitrogens is 2. The molecule has 1 saturated heterocycles. The Morgan fingerprint density at radius 1 is 1.18 bits per heavy atom. The molecule has 2 aliphatic heterocycles. The van der Waals surface area contributed by atoms with Crippen molar-refractivity contribution in [2.45, 2.75) is 64.5 Å². The van der Waals surface area contributed by atoms with E-state index in [0.717, 1.165) is 43.9 Å². The third-order valence-corrected chi connectivity index (χ3v) is 8.63. The Balaban J connectivity index is 1.43. The van der Waals surface area contributed by atoms with Gasteiger partial charge in [0.25, 0.3) is 5.91 Å². The van der Waals surface area contributed by atoms with Crippen molar-refractivity contribution in [3.8, 4) is 5.75 Å². The highest BCUT2D eigenvalue weighted by Gasteiger charge is 2.43. The van der Waals surface area contributed by atoms with Crippen LogP contribution in [0.3, 0.4) is 0 Å². The number of rotatable bonds is 7. The number of carbonyl (C=O) groups excluding carboxylic acids is 2. The molecule has 1 saturated carbocycles. The maximum Gasteiger partial charge on any atom is 0.251 e. The molecule has 210 valence electrons. The number of amides is 2. The average molecular weight is 536 g/mol. The number of hydrogen-bond acceptors (Lipinski definition) is 8. The molecule has 10 nitrogen and oxygen atoms in total. The summed E-state index contributed by atoms with van der Waals surface area (Å²) in [5, 5.41) is 6.36. The Morgan fingerprint density at radius 3 is 2.59 bits per heavy atom. The zero-order chi connectivity index (χ0) is 27.7. The van der Waals surface area contributed by atoms with Crippen LogP contribution < -0.4 is 25.2 Å². The van der Waals surface area contributed by atoms with Crippen LogP contribution in [0.1, 0.15) is 62.7 Å². The smallest absolute Gasteiger partial charge is 0.251 e. The Morgan fingerprint density at radius 2 is 1.92 bits per heavy atom. The quantitative estimate of drug-likeness (QED) is 0.552. The van der Waals surface area contributed by atoms with E-state index in [1.54, 1.807) is 30.3 Å². The molecule has 3 heterocycles. The van der Waals surface area contributed by atoms with E-state index in [4.69, 9.17) is 9.72 Å². The molecule has 2 fully saturated rings. The summed E-state index contributed by atoms with van der Waals surface area (Å²) in [5.74, 6) is 1.71. The predicted molar refractivity (Wildman–Crippen MR) is 153 cm³/mol. The predicted octanol–water partition coefficient (Wildman–Crippen LogP) is 3.80. The molecule has 5 rings (SSSR count). The minimum Gasteiger partial charge on any atom is -0.495 e. The fourth-order valence-electron chi connectivity index (χ4n) is 5.98. The van der Waals surface area contributed by atoms with E-state index in [1.165, 1.54) is 19.3 Å². The number of fused-ring (bicyclic) bond motifs is 1. The van der Waals surface area contributed by atoms with Crippen LogP contribution in [-0.4, -0.2) is 79.6 Å². The van der Waals surface area contributed by atoms with Gasteiger partial charge in [-0.2, -0.15) is 4.98 Å². The number of ether oxygens (including phenoxy) is 1. The van der Waals surface area contributed by atoms with Gasteiger partial charge < -0.3 is 30.1 Å². The summed E-state index contributed by atoms with van der Waals surface area (Å²) in [6, 6.07) is 5.84. The van der Waals surface area contributed by atoms with Gasteiger partial charge >= 0.3 is 0 Å². The number of nitrogens with one attached hydrogen (secondary N) is 2. The number of benzene rings is 1. The Labute approximate surface area is 231 Å². The van der Waals surface area contributed by atoms with Crippen LogP contribution in [0.5, 0.6) is 5.75 Å². The first-order valence-electron chi connectivity index (χ1n) is 14.1. The van der Waals surface area contributed by atoms with Crippen LogP contribution in [0.2, 0.25) is 0 Å². The number of hydrogen-bond donors (Lipinski definition) is 2. The minimum atomic E-state index is -0.505. The molecule has 1 aromatic heterocycles. The third kappa shape index (κ3) is 5.39. The number of methoxy groups -OCH3 is 1. The molecule has 0 unspecified atom stereocenters. The largest absolute Gasteiger partial charge is 0.495 e. The van der Waals surface area contributed by atoms with Crippen LogP contribution in [0.25, 0.3) is 0 Å². The van der Waals surface area contributed by atoms with Crippen LogP contribution in [0.4, 0.5) is 23.1 Å². The van der Waals surface area contributed by atoms with Crippen molar-refractivity contribution < 1.29 is 14.3 Å². The fourth-order valence-corrected chi connectivity index (χ4v) is 5.98. The lowest BCUT2D eigenvalue weighted by Gasteiger charge is -2.38. The average Bonchev–Trinajstić information content (AvgIpc) is 3.02. The second kappa shape index (κ2) is 11.0. The van der Waals surface area contributed by atoms with E-state index in [2.05, 4.69) is 39.3 Å². The molecule has 0 spiro atoms. The molecule has 0 radical (unpaired) electrons. The Hall–Kier alpha value is -3.40. The number of likely N-dealkylation sites (N-methyl/N-ethyl adjacent to an activating group) is 1. The van der Waals surface area contributed by atoms with Gasteiger partial charge in [0.05, 0.1) is 30.5 Å². The van der Waals surface area contributed by atoms with E-state index in [9.17, 15) is 9.59 Å². The van der Waals surface area contributed by atoms with Crippen molar-refractivity contribution in [2.24, 2.45) is 5.41 Å². The minimum absolute atomic E-state index is 0.0953. The van der Waals surface area contributed by atoms with Gasteiger partial charge in [-0.05, 0) is 51.4 Å². The van der Waals surface area contributed by atoms with Gasteiger partial charge in [0.2, 0.25) is 11.9 Å². The van der Waals surface area contributed by atoms with E-state index in [1.807, 2.05) is 20.2 Å². The lowest BCUT2D eigenvalue weighted by atomic mass is 9.84. The SMILES string of the molecule is CC[C@]1(C)CN(C2CCCCC2)c2nc(Nc3ccc(C(=O)NC4CN(C)C4)cc3OC)ncc2N(C)C1=O. The van der Waals surface area contributed by atoms with Crippen molar-refractivity contribution in [3.05, 3.63) is 30.0 Å². The topological polar surface area (TPSA) is 103 Å². The zero-order valence-electron chi connectivity index (χ0n) is 23.8. The number of likely N-dealkylation sites (tertiary alicyclic amines) is 1. The van der Waals surface area contributed by atoms with Crippen molar-refractivity contribution in [3.63, 3.8) is 0 Å². The van der Waals surface area contributed by atoms with Crippen molar-refractivity contribution in [2.75, 3.05) is 56.0 Å². The molecule has 1 atom stereocenters. The molecule has 2 amide bonds. The van der Waals surface area contributed by atoms with Gasteiger partial charge in [0.15, 0.2) is 5.82 Å². The summed E-state index contributed by atoms with van der Waals surface area (Å²) in [7, 11) is 5.44. The standard InChI is InChI=1S/C29H41N7O3/c1-6-29(2)18-36(21-10-8-7-9-11-21)25-23(35(4)27(29)38)15-30-28(33-25)32-22-13-12-19(14-24(22)39-5)26(37)31-20-16-34(3)17-20/h12-15,20-21H,6-11,16-18H2,1-5H3,(H,31,37)(H,30,32,33)/t29-/m1/s1. The lowest BCUT2D eigenvalue weighted by molar-refractivity contribution is -0.126. The summed E-state index contributed by atoms with van der Waals surface area (Å²) in [4.78, 5) is 42.1. The van der Waals surface area contributed by atoms with Crippen molar-refractivity contribution >= 4 is 35.0 Å². The molecule has 39 heavy (non-hydrogen) atoms. The molecule has 1 aliphatic carbocycles. The lowest BCUT2D eigenvalue weighted by Crippen LogP contribution is -2.57. The Kier molecular flexibility index (Phi) is 7.66. The molecule has 2 N–H and O–H groups in total. The second-order valence-corrected chi connectivity index (χ2v) is 11.5. The van der Waals surface area contributed by atoms with Crippen LogP contribution in [0.15, 0.2) is 24.4 Å². The van der Waals surface area contributed by atoms with E-state index < -0.39 is 5.41 Å². The summed E-state index contributed by atoms with van der Waals surface area (Å²) in [5.41, 5.74) is 1.43. The molecular weight excluding hydrogens is 494 g/mol. The normalized spacial score (nSPS) is 22.6. The number of carbonyl (C=O) groups is 2. The van der Waals surface area contributed by atoms with Gasteiger partial charge in [-0.15, -0.1) is 0 Å². The van der Waals surface area contributed by atoms with E-state index in [-0.39, 0.29) is 17.9 Å². The van der Waals surface area contributed by atoms with Gasteiger partial charge in [0, 0.05) is 38.3 Å². The summed E-state index contributed by atoms with van der Waals surface area (Å²) < 4.78 is 5.62. The van der Waals surface area contributed by atoms with Crippen molar-refractivity contribution in [1.29, 1.82) is 0 Å². The van der Waals surface area contributed by atoms with Crippen LogP contribution in [-0.2, 0) is 4.79 Å². The van der Waals surface area contributed by atoms with Crippen LogP contribution >= 0.6 is 0 Å². The van der Waals surface area contributed by atoms with E-state index in [0.29, 0.717) is 35.5 Å². The molecule has 3 aliphatic rings. The zero-order valence-corrected chi connectivity index (χ0v) is 23.8. The molecule has 10 heteroatoms. The fraction of sp³-hybridized carbons (Fsp3) is 0.586. The Bertz CT molecular complexity index is 1230. The first-order chi connectivity index (χ1) is 18.7. The van der Waals surface area contributed by atoms with Crippen LogP contribution in [0, 0.1) is 5.41 Å². The molecule has 1 aromatic carbocycles. The number of nitrogens with zero attached hydrogens (tertiary/aromatic N) is 5. The van der Waals surface area contributed by atoms with Gasteiger partial charge in [-0.3, -0.25) is 9.59 Å². The highest BCUT2D eigenvalue weighted by Crippen LogP contribution is 2.41.